The molecular formula is C7H4F3I. The average Bonchev–Trinajstić information content (AvgIpc) is 2.01. The zero-order valence-electron chi connectivity index (χ0n) is 5.37. The van der Waals surface area contributed by atoms with E-state index >= 15 is 0 Å². The SMILES string of the molecule is Fc1ccc(CI)c(F)c1F. The summed E-state index contributed by atoms with van der Waals surface area (Å²) in [5.74, 6) is -3.62. The lowest BCUT2D eigenvalue weighted by Gasteiger charge is -1.99. The van der Waals surface area contributed by atoms with Crippen molar-refractivity contribution in [2.24, 2.45) is 0 Å². The van der Waals surface area contributed by atoms with E-state index in [1.54, 1.807) is 0 Å². The zero-order chi connectivity index (χ0) is 8.43. The van der Waals surface area contributed by atoms with Crippen LogP contribution >= 0.6 is 22.6 Å². The molecule has 0 aliphatic rings. The molecule has 0 fully saturated rings. The van der Waals surface area contributed by atoms with Gasteiger partial charge in [-0.15, -0.1) is 0 Å². The number of rotatable bonds is 1. The van der Waals surface area contributed by atoms with Gasteiger partial charge in [0.1, 0.15) is 0 Å². The maximum absolute atomic E-state index is 12.6. The standard InChI is InChI=1S/C7H4F3I/c8-5-2-1-4(3-11)6(9)7(5)10/h1-2H,3H2. The molecule has 1 aromatic carbocycles. The first-order valence-electron chi connectivity index (χ1n) is 2.85. The summed E-state index contributed by atoms with van der Waals surface area (Å²) in [5.41, 5.74) is 0.185. The molecule has 0 aliphatic heterocycles. The summed E-state index contributed by atoms with van der Waals surface area (Å²) < 4.78 is 37.7. The van der Waals surface area contributed by atoms with Crippen LogP contribution in [0.2, 0.25) is 0 Å². The molecule has 60 valence electrons. The zero-order valence-corrected chi connectivity index (χ0v) is 7.53. The highest BCUT2D eigenvalue weighted by molar-refractivity contribution is 14.1. The Kier molecular flexibility index (Phi) is 2.75. The van der Waals surface area contributed by atoms with Gasteiger partial charge in [0.05, 0.1) is 0 Å². The quantitative estimate of drug-likeness (QED) is 0.419. The molecule has 0 saturated carbocycles. The molecule has 0 spiro atoms. The van der Waals surface area contributed by atoms with Crippen LogP contribution in [0.3, 0.4) is 0 Å². The predicted octanol–water partition coefficient (Wildman–Crippen LogP) is 3.04. The highest BCUT2D eigenvalue weighted by Gasteiger charge is 2.11. The first kappa shape index (κ1) is 8.83. The van der Waals surface area contributed by atoms with Crippen molar-refractivity contribution in [2.45, 2.75) is 4.43 Å². The predicted molar refractivity (Wildman–Crippen MR) is 44.0 cm³/mol. The Bertz CT molecular complexity index is 273. The number of hydrogen-bond acceptors (Lipinski definition) is 0. The van der Waals surface area contributed by atoms with Crippen molar-refractivity contribution < 1.29 is 13.2 Å². The van der Waals surface area contributed by atoms with E-state index < -0.39 is 17.5 Å². The number of benzene rings is 1. The van der Waals surface area contributed by atoms with E-state index in [4.69, 9.17) is 0 Å². The van der Waals surface area contributed by atoms with Gasteiger partial charge in [0, 0.05) is 9.99 Å². The van der Waals surface area contributed by atoms with Gasteiger partial charge in [0.25, 0.3) is 0 Å². The van der Waals surface area contributed by atoms with Gasteiger partial charge in [-0.1, -0.05) is 28.7 Å². The third kappa shape index (κ3) is 1.66. The monoisotopic (exact) mass is 272 g/mol. The van der Waals surface area contributed by atoms with Crippen molar-refractivity contribution in [3.05, 3.63) is 35.1 Å². The van der Waals surface area contributed by atoms with Gasteiger partial charge < -0.3 is 0 Å². The molecule has 0 unspecified atom stereocenters. The number of halogens is 4. The summed E-state index contributed by atoms with van der Waals surface area (Å²) in [7, 11) is 0. The summed E-state index contributed by atoms with van der Waals surface area (Å²) in [6.45, 7) is 0. The van der Waals surface area contributed by atoms with Crippen LogP contribution in [0.25, 0.3) is 0 Å². The Labute approximate surface area is 75.6 Å². The Morgan fingerprint density at radius 3 is 2.27 bits per heavy atom. The molecule has 1 rings (SSSR count). The summed E-state index contributed by atoms with van der Waals surface area (Å²) in [6, 6.07) is 2.16. The van der Waals surface area contributed by atoms with E-state index in [0.29, 0.717) is 4.43 Å². The Balaban J connectivity index is 3.25. The lowest BCUT2D eigenvalue weighted by atomic mass is 10.2. The average molecular weight is 272 g/mol. The van der Waals surface area contributed by atoms with Crippen LogP contribution in [-0.4, -0.2) is 0 Å². The maximum atomic E-state index is 12.6. The van der Waals surface area contributed by atoms with Crippen LogP contribution in [0.5, 0.6) is 0 Å². The smallest absolute Gasteiger partial charge is 0.194 e. The maximum Gasteiger partial charge on any atom is 0.194 e. The van der Waals surface area contributed by atoms with Gasteiger partial charge in [0.2, 0.25) is 0 Å². The van der Waals surface area contributed by atoms with Crippen molar-refractivity contribution in [3.63, 3.8) is 0 Å². The van der Waals surface area contributed by atoms with Crippen LogP contribution in [0.4, 0.5) is 13.2 Å². The highest BCUT2D eigenvalue weighted by Crippen LogP contribution is 2.17. The van der Waals surface area contributed by atoms with Gasteiger partial charge in [-0.2, -0.15) is 0 Å². The topological polar surface area (TPSA) is 0 Å². The van der Waals surface area contributed by atoms with Crippen molar-refractivity contribution >= 4 is 22.6 Å². The molecule has 0 radical (unpaired) electrons. The van der Waals surface area contributed by atoms with E-state index in [9.17, 15) is 13.2 Å². The third-order valence-corrected chi connectivity index (χ3v) is 2.08. The van der Waals surface area contributed by atoms with E-state index in [2.05, 4.69) is 0 Å². The van der Waals surface area contributed by atoms with Crippen molar-refractivity contribution in [3.8, 4) is 0 Å². The lowest BCUT2D eigenvalue weighted by Crippen LogP contribution is -1.94. The molecule has 0 amide bonds. The minimum atomic E-state index is -1.39. The minimum Gasteiger partial charge on any atom is -0.204 e. The normalized spacial score (nSPS) is 10.2. The second kappa shape index (κ2) is 3.42. The van der Waals surface area contributed by atoms with E-state index in [-0.39, 0.29) is 5.56 Å². The van der Waals surface area contributed by atoms with Gasteiger partial charge in [-0.25, -0.2) is 13.2 Å². The Morgan fingerprint density at radius 1 is 1.09 bits per heavy atom. The van der Waals surface area contributed by atoms with E-state index in [1.165, 1.54) is 6.07 Å². The summed E-state index contributed by atoms with van der Waals surface area (Å²) in [5, 5.41) is 0. The molecule has 0 heterocycles. The molecule has 4 heteroatoms. The first-order valence-corrected chi connectivity index (χ1v) is 4.37. The fourth-order valence-electron chi connectivity index (χ4n) is 0.669. The largest absolute Gasteiger partial charge is 0.204 e. The molecule has 0 aliphatic carbocycles. The van der Waals surface area contributed by atoms with Crippen LogP contribution in [0.15, 0.2) is 12.1 Å². The van der Waals surface area contributed by atoms with Crippen molar-refractivity contribution in [2.75, 3.05) is 0 Å². The lowest BCUT2D eigenvalue weighted by molar-refractivity contribution is 0.443. The van der Waals surface area contributed by atoms with Gasteiger partial charge in [0.15, 0.2) is 17.5 Å². The van der Waals surface area contributed by atoms with Gasteiger partial charge in [-0.3, -0.25) is 0 Å². The van der Waals surface area contributed by atoms with Crippen molar-refractivity contribution in [1.29, 1.82) is 0 Å². The van der Waals surface area contributed by atoms with Crippen molar-refractivity contribution in [1.82, 2.24) is 0 Å². The second-order valence-corrected chi connectivity index (χ2v) is 2.73. The van der Waals surface area contributed by atoms with E-state index in [0.717, 1.165) is 6.07 Å². The number of alkyl halides is 1. The molecule has 0 nitrogen and oxygen atoms in total. The van der Waals surface area contributed by atoms with Gasteiger partial charge in [-0.05, 0) is 6.07 Å². The fraction of sp³-hybridized carbons (Fsp3) is 0.143. The second-order valence-electron chi connectivity index (χ2n) is 1.97. The minimum absolute atomic E-state index is 0.185. The summed E-state index contributed by atoms with van der Waals surface area (Å²) in [4.78, 5) is 0. The molecular weight excluding hydrogens is 268 g/mol. The molecule has 0 atom stereocenters. The van der Waals surface area contributed by atoms with Crippen LogP contribution in [-0.2, 0) is 4.43 Å². The number of hydrogen-bond donors (Lipinski definition) is 0. The summed E-state index contributed by atoms with van der Waals surface area (Å²) >= 11 is 1.88. The Morgan fingerprint density at radius 2 is 1.73 bits per heavy atom. The van der Waals surface area contributed by atoms with Crippen LogP contribution < -0.4 is 0 Å². The van der Waals surface area contributed by atoms with Gasteiger partial charge >= 0.3 is 0 Å². The summed E-state index contributed by atoms with van der Waals surface area (Å²) in [6.07, 6.45) is 0. The Hall–Kier alpha value is -0.260. The van der Waals surface area contributed by atoms with Crippen LogP contribution in [0.1, 0.15) is 5.56 Å². The molecule has 0 N–H and O–H groups in total. The van der Waals surface area contributed by atoms with E-state index in [1.807, 2.05) is 22.6 Å². The third-order valence-electron chi connectivity index (χ3n) is 1.26. The molecule has 11 heavy (non-hydrogen) atoms. The molecule has 0 aromatic heterocycles. The highest BCUT2D eigenvalue weighted by atomic mass is 127. The molecule has 0 bridgehead atoms. The molecule has 1 aromatic rings. The van der Waals surface area contributed by atoms with Crippen LogP contribution in [0, 0.1) is 17.5 Å². The first-order chi connectivity index (χ1) is 5.16. The fourth-order valence-corrected chi connectivity index (χ4v) is 1.26. The molecule has 0 saturated heterocycles.